The first-order valence-corrected chi connectivity index (χ1v) is 7.42. The second-order valence-electron chi connectivity index (χ2n) is 5.30. The molecule has 0 fully saturated rings. The first kappa shape index (κ1) is 13.6. The predicted molar refractivity (Wildman–Crippen MR) is 87.3 cm³/mol. The summed E-state index contributed by atoms with van der Waals surface area (Å²) < 4.78 is 0. The van der Waals surface area contributed by atoms with Gasteiger partial charge in [-0.3, -0.25) is 4.98 Å². The molecule has 1 heterocycles. The molecule has 0 bridgehead atoms. The quantitative estimate of drug-likeness (QED) is 0.669. The van der Waals surface area contributed by atoms with E-state index in [-0.39, 0.29) is 0 Å². The van der Waals surface area contributed by atoms with Crippen molar-refractivity contribution in [3.05, 3.63) is 101 Å². The third-order valence-electron chi connectivity index (χ3n) is 3.64. The molecule has 1 heteroatoms. The van der Waals surface area contributed by atoms with Gasteiger partial charge in [0.1, 0.15) is 0 Å². The van der Waals surface area contributed by atoms with Gasteiger partial charge in [-0.05, 0) is 48.1 Å². The molecular formula is C20H19N. The van der Waals surface area contributed by atoms with Crippen LogP contribution in [0.15, 0.2) is 79.0 Å². The van der Waals surface area contributed by atoms with Crippen LogP contribution in [0.4, 0.5) is 0 Å². The fraction of sp³-hybridized carbons (Fsp3) is 0.150. The lowest BCUT2D eigenvalue weighted by Crippen LogP contribution is -1.96. The Bertz CT molecular complexity index is 674. The average Bonchev–Trinajstić information content (AvgIpc) is 2.55. The molecule has 0 spiro atoms. The molecule has 0 aliphatic rings. The van der Waals surface area contributed by atoms with E-state index in [1.54, 1.807) is 0 Å². The maximum absolute atomic E-state index is 4.50. The molecule has 0 saturated heterocycles. The summed E-state index contributed by atoms with van der Waals surface area (Å²) in [5, 5.41) is 0. The zero-order valence-corrected chi connectivity index (χ0v) is 12.1. The van der Waals surface area contributed by atoms with Gasteiger partial charge in [0.2, 0.25) is 0 Å². The number of aryl methyl sites for hydroxylation is 2. The van der Waals surface area contributed by atoms with Crippen molar-refractivity contribution in [1.82, 2.24) is 4.98 Å². The van der Waals surface area contributed by atoms with Gasteiger partial charge in [0.25, 0.3) is 0 Å². The molecule has 1 aromatic heterocycles. The Morgan fingerprint density at radius 2 is 1.29 bits per heavy atom. The minimum Gasteiger partial charge on any atom is -0.261 e. The van der Waals surface area contributed by atoms with E-state index < -0.39 is 0 Å². The minimum absolute atomic E-state index is 0.974. The minimum atomic E-state index is 0.974. The van der Waals surface area contributed by atoms with E-state index in [4.69, 9.17) is 0 Å². The summed E-state index contributed by atoms with van der Waals surface area (Å²) in [4.78, 5) is 4.50. The van der Waals surface area contributed by atoms with Crippen LogP contribution in [0.25, 0.3) is 0 Å². The molecule has 3 aromatic rings. The zero-order valence-electron chi connectivity index (χ0n) is 12.1. The van der Waals surface area contributed by atoms with Crippen molar-refractivity contribution in [2.75, 3.05) is 0 Å². The number of pyridine rings is 1. The fourth-order valence-electron chi connectivity index (χ4n) is 2.52. The van der Waals surface area contributed by atoms with E-state index in [1.807, 2.05) is 6.20 Å². The Morgan fingerprint density at radius 1 is 0.619 bits per heavy atom. The van der Waals surface area contributed by atoms with E-state index in [0.29, 0.717) is 0 Å². The molecule has 3 rings (SSSR count). The predicted octanol–water partition coefficient (Wildman–Crippen LogP) is 4.46. The molecular weight excluding hydrogens is 254 g/mol. The van der Waals surface area contributed by atoms with Crippen LogP contribution >= 0.6 is 0 Å². The van der Waals surface area contributed by atoms with Crippen LogP contribution in [-0.4, -0.2) is 4.98 Å². The number of hydrogen-bond acceptors (Lipinski definition) is 1. The topological polar surface area (TPSA) is 12.9 Å². The van der Waals surface area contributed by atoms with Crippen LogP contribution in [0.3, 0.4) is 0 Å². The SMILES string of the molecule is c1ccc(CCc2cc(Cc3ccccc3)ccn2)cc1. The highest BCUT2D eigenvalue weighted by Crippen LogP contribution is 2.11. The van der Waals surface area contributed by atoms with Crippen LogP contribution in [0.5, 0.6) is 0 Å². The van der Waals surface area contributed by atoms with E-state index in [9.17, 15) is 0 Å². The molecule has 0 unspecified atom stereocenters. The maximum Gasteiger partial charge on any atom is 0.0409 e. The number of nitrogens with zero attached hydrogens (tertiary/aromatic N) is 1. The second-order valence-corrected chi connectivity index (χ2v) is 5.30. The van der Waals surface area contributed by atoms with Crippen LogP contribution in [0.2, 0.25) is 0 Å². The molecule has 0 aliphatic carbocycles. The van der Waals surface area contributed by atoms with Gasteiger partial charge >= 0.3 is 0 Å². The molecule has 0 amide bonds. The number of hydrogen-bond donors (Lipinski definition) is 0. The standard InChI is InChI=1S/C20H19N/c1-3-7-17(8-4-1)11-12-20-16-19(13-14-21-20)15-18-9-5-2-6-10-18/h1-10,13-14,16H,11-12,15H2. The van der Waals surface area contributed by atoms with Crippen molar-refractivity contribution in [1.29, 1.82) is 0 Å². The van der Waals surface area contributed by atoms with E-state index >= 15 is 0 Å². The van der Waals surface area contributed by atoms with Gasteiger partial charge in [-0.2, -0.15) is 0 Å². The monoisotopic (exact) mass is 273 g/mol. The van der Waals surface area contributed by atoms with Crippen molar-refractivity contribution < 1.29 is 0 Å². The zero-order chi connectivity index (χ0) is 14.3. The lowest BCUT2D eigenvalue weighted by molar-refractivity contribution is 0.907. The van der Waals surface area contributed by atoms with Crippen molar-refractivity contribution in [2.24, 2.45) is 0 Å². The molecule has 0 saturated carbocycles. The summed E-state index contributed by atoms with van der Waals surface area (Å²) in [6, 6.07) is 25.5. The number of benzene rings is 2. The van der Waals surface area contributed by atoms with Crippen molar-refractivity contribution >= 4 is 0 Å². The average molecular weight is 273 g/mol. The maximum atomic E-state index is 4.50. The first-order valence-electron chi connectivity index (χ1n) is 7.42. The van der Waals surface area contributed by atoms with E-state index in [0.717, 1.165) is 19.3 Å². The normalized spacial score (nSPS) is 10.5. The molecule has 104 valence electrons. The van der Waals surface area contributed by atoms with Gasteiger partial charge in [-0.1, -0.05) is 60.7 Å². The summed E-state index contributed by atoms with van der Waals surface area (Å²) >= 11 is 0. The molecule has 2 aromatic carbocycles. The van der Waals surface area contributed by atoms with Gasteiger partial charge < -0.3 is 0 Å². The Kier molecular flexibility index (Phi) is 4.42. The summed E-state index contributed by atoms with van der Waals surface area (Å²) in [7, 11) is 0. The van der Waals surface area contributed by atoms with Gasteiger partial charge in [-0.15, -0.1) is 0 Å². The van der Waals surface area contributed by atoms with Gasteiger partial charge in [0.15, 0.2) is 0 Å². The Morgan fingerprint density at radius 3 is 2.00 bits per heavy atom. The third kappa shape index (κ3) is 4.03. The van der Waals surface area contributed by atoms with E-state index in [2.05, 4.69) is 77.8 Å². The van der Waals surface area contributed by atoms with Crippen molar-refractivity contribution in [2.45, 2.75) is 19.3 Å². The van der Waals surface area contributed by atoms with Crippen LogP contribution < -0.4 is 0 Å². The van der Waals surface area contributed by atoms with Crippen molar-refractivity contribution in [3.8, 4) is 0 Å². The van der Waals surface area contributed by atoms with Crippen molar-refractivity contribution in [3.63, 3.8) is 0 Å². The molecule has 0 N–H and O–H groups in total. The molecule has 0 atom stereocenters. The molecule has 1 nitrogen and oxygen atoms in total. The Labute approximate surface area is 126 Å². The fourth-order valence-corrected chi connectivity index (χ4v) is 2.52. The number of rotatable bonds is 5. The summed E-state index contributed by atoms with van der Waals surface area (Å²) in [6.45, 7) is 0. The molecule has 21 heavy (non-hydrogen) atoms. The van der Waals surface area contributed by atoms with Gasteiger partial charge in [0, 0.05) is 11.9 Å². The van der Waals surface area contributed by atoms with Gasteiger partial charge in [0.05, 0.1) is 0 Å². The largest absolute Gasteiger partial charge is 0.261 e. The Balaban J connectivity index is 1.66. The van der Waals surface area contributed by atoms with Crippen LogP contribution in [-0.2, 0) is 19.3 Å². The highest BCUT2D eigenvalue weighted by molar-refractivity contribution is 5.26. The highest BCUT2D eigenvalue weighted by atomic mass is 14.7. The summed E-state index contributed by atoms with van der Waals surface area (Å²) in [6.07, 6.45) is 4.94. The first-order chi connectivity index (χ1) is 10.4. The third-order valence-corrected chi connectivity index (χ3v) is 3.64. The van der Waals surface area contributed by atoms with Crippen LogP contribution in [0, 0.1) is 0 Å². The van der Waals surface area contributed by atoms with E-state index in [1.165, 1.54) is 22.4 Å². The Hall–Kier alpha value is -2.41. The number of aromatic nitrogens is 1. The summed E-state index contributed by atoms with van der Waals surface area (Å²) in [5.41, 5.74) is 5.22. The van der Waals surface area contributed by atoms with Crippen LogP contribution in [0.1, 0.15) is 22.4 Å². The lowest BCUT2D eigenvalue weighted by Gasteiger charge is -2.05. The second kappa shape index (κ2) is 6.85. The molecule has 0 aliphatic heterocycles. The smallest absolute Gasteiger partial charge is 0.0409 e. The van der Waals surface area contributed by atoms with Gasteiger partial charge in [-0.25, -0.2) is 0 Å². The summed E-state index contributed by atoms with van der Waals surface area (Å²) in [5.74, 6) is 0. The highest BCUT2D eigenvalue weighted by Gasteiger charge is 2.00. The molecule has 0 radical (unpaired) electrons. The lowest BCUT2D eigenvalue weighted by atomic mass is 10.0.